The normalized spacial score (nSPS) is 10.3. The van der Waals surface area contributed by atoms with Crippen LogP contribution in [0.3, 0.4) is 0 Å². The Labute approximate surface area is 112 Å². The van der Waals surface area contributed by atoms with Crippen molar-refractivity contribution in [3.63, 3.8) is 0 Å². The van der Waals surface area contributed by atoms with Crippen molar-refractivity contribution in [2.45, 2.75) is 0 Å². The molecule has 19 heavy (non-hydrogen) atoms. The van der Waals surface area contributed by atoms with Gasteiger partial charge >= 0.3 is 0 Å². The van der Waals surface area contributed by atoms with Gasteiger partial charge in [-0.1, -0.05) is 48.5 Å². The van der Waals surface area contributed by atoms with E-state index in [0.717, 1.165) is 11.4 Å². The molecule has 0 spiro atoms. The predicted molar refractivity (Wildman–Crippen MR) is 79.5 cm³/mol. The van der Waals surface area contributed by atoms with E-state index in [2.05, 4.69) is 29.6 Å². The molecule has 0 aliphatic rings. The molecule has 3 aromatic rings. The summed E-state index contributed by atoms with van der Waals surface area (Å²) in [6.45, 7) is 0.461. The Kier molecular flexibility index (Phi) is 3.32. The molecule has 0 aliphatic heterocycles. The Morgan fingerprint density at radius 2 is 1.47 bits per heavy atom. The Balaban J connectivity index is 1.65. The SMILES string of the molecule is c1ccc(NCOc2ccc3ccccc3c2)cc1. The minimum atomic E-state index is 0.461. The van der Waals surface area contributed by atoms with Crippen molar-refractivity contribution >= 4 is 16.5 Å². The van der Waals surface area contributed by atoms with Gasteiger partial charge in [0.25, 0.3) is 0 Å². The summed E-state index contributed by atoms with van der Waals surface area (Å²) in [6.07, 6.45) is 0. The lowest BCUT2D eigenvalue weighted by molar-refractivity contribution is 0.347. The predicted octanol–water partition coefficient (Wildman–Crippen LogP) is 4.29. The topological polar surface area (TPSA) is 21.3 Å². The molecule has 0 saturated heterocycles. The van der Waals surface area contributed by atoms with Gasteiger partial charge in [0.05, 0.1) is 0 Å². The lowest BCUT2D eigenvalue weighted by Crippen LogP contribution is -2.08. The molecule has 94 valence electrons. The molecular formula is C17H15NO. The van der Waals surface area contributed by atoms with Crippen molar-refractivity contribution in [2.24, 2.45) is 0 Å². The first-order chi connectivity index (χ1) is 9.42. The molecule has 0 saturated carbocycles. The van der Waals surface area contributed by atoms with Gasteiger partial charge in [0, 0.05) is 5.69 Å². The smallest absolute Gasteiger partial charge is 0.159 e. The van der Waals surface area contributed by atoms with E-state index in [-0.39, 0.29) is 0 Å². The fourth-order valence-corrected chi connectivity index (χ4v) is 2.02. The highest BCUT2D eigenvalue weighted by atomic mass is 16.5. The van der Waals surface area contributed by atoms with Crippen LogP contribution in [-0.4, -0.2) is 6.73 Å². The number of para-hydroxylation sites is 1. The van der Waals surface area contributed by atoms with Gasteiger partial charge in [-0.2, -0.15) is 0 Å². The number of rotatable bonds is 4. The van der Waals surface area contributed by atoms with Crippen LogP contribution in [0.25, 0.3) is 10.8 Å². The molecule has 3 aromatic carbocycles. The zero-order valence-electron chi connectivity index (χ0n) is 10.5. The summed E-state index contributed by atoms with van der Waals surface area (Å²) in [5, 5.41) is 5.64. The van der Waals surface area contributed by atoms with Crippen LogP contribution >= 0.6 is 0 Å². The molecule has 0 aliphatic carbocycles. The second-order valence-corrected chi connectivity index (χ2v) is 4.34. The second-order valence-electron chi connectivity index (χ2n) is 4.34. The van der Waals surface area contributed by atoms with Crippen molar-refractivity contribution in [3.8, 4) is 5.75 Å². The minimum absolute atomic E-state index is 0.461. The second kappa shape index (κ2) is 5.44. The number of nitrogens with one attached hydrogen (secondary N) is 1. The molecule has 0 radical (unpaired) electrons. The summed E-state index contributed by atoms with van der Waals surface area (Å²) < 4.78 is 5.71. The third kappa shape index (κ3) is 2.86. The van der Waals surface area contributed by atoms with Crippen LogP contribution in [0.15, 0.2) is 72.8 Å². The highest BCUT2D eigenvalue weighted by Crippen LogP contribution is 2.20. The first kappa shape index (κ1) is 11.6. The summed E-state index contributed by atoms with van der Waals surface area (Å²) in [6, 6.07) is 24.4. The summed E-state index contributed by atoms with van der Waals surface area (Å²) in [5.41, 5.74) is 1.06. The van der Waals surface area contributed by atoms with Crippen LogP contribution in [0.4, 0.5) is 5.69 Å². The summed E-state index contributed by atoms with van der Waals surface area (Å²) in [5.74, 6) is 0.877. The van der Waals surface area contributed by atoms with E-state index in [9.17, 15) is 0 Å². The number of hydrogen-bond donors (Lipinski definition) is 1. The van der Waals surface area contributed by atoms with E-state index in [1.807, 2.05) is 48.5 Å². The Morgan fingerprint density at radius 1 is 0.737 bits per heavy atom. The molecule has 0 fully saturated rings. The van der Waals surface area contributed by atoms with Crippen molar-refractivity contribution in [1.82, 2.24) is 0 Å². The van der Waals surface area contributed by atoms with Crippen LogP contribution < -0.4 is 10.1 Å². The summed E-state index contributed by atoms with van der Waals surface area (Å²) >= 11 is 0. The maximum absolute atomic E-state index is 5.71. The number of hydrogen-bond acceptors (Lipinski definition) is 2. The third-order valence-electron chi connectivity index (χ3n) is 3.01. The first-order valence-corrected chi connectivity index (χ1v) is 6.32. The zero-order chi connectivity index (χ0) is 12.9. The molecule has 0 heterocycles. The van der Waals surface area contributed by atoms with Crippen molar-refractivity contribution in [2.75, 3.05) is 12.0 Å². The largest absolute Gasteiger partial charge is 0.473 e. The minimum Gasteiger partial charge on any atom is -0.473 e. The maximum Gasteiger partial charge on any atom is 0.159 e. The maximum atomic E-state index is 5.71. The number of benzene rings is 3. The highest BCUT2D eigenvalue weighted by Gasteiger charge is 1.96. The van der Waals surface area contributed by atoms with E-state index in [1.165, 1.54) is 10.8 Å². The van der Waals surface area contributed by atoms with E-state index in [1.54, 1.807) is 0 Å². The molecule has 2 nitrogen and oxygen atoms in total. The van der Waals surface area contributed by atoms with Crippen LogP contribution in [0.2, 0.25) is 0 Å². The van der Waals surface area contributed by atoms with Crippen LogP contribution in [0.1, 0.15) is 0 Å². The standard InChI is InChI=1S/C17H15NO/c1-2-8-16(9-3-1)18-13-19-17-11-10-14-6-4-5-7-15(14)12-17/h1-12,18H,13H2. The fourth-order valence-electron chi connectivity index (χ4n) is 2.02. The fraction of sp³-hybridized carbons (Fsp3) is 0.0588. The van der Waals surface area contributed by atoms with Gasteiger partial charge in [-0.15, -0.1) is 0 Å². The van der Waals surface area contributed by atoms with Gasteiger partial charge in [0.15, 0.2) is 6.73 Å². The molecule has 0 amide bonds. The molecule has 3 rings (SSSR count). The quantitative estimate of drug-likeness (QED) is 0.696. The monoisotopic (exact) mass is 249 g/mol. The lowest BCUT2D eigenvalue weighted by Gasteiger charge is -2.09. The zero-order valence-corrected chi connectivity index (χ0v) is 10.5. The first-order valence-electron chi connectivity index (χ1n) is 6.32. The van der Waals surface area contributed by atoms with Crippen LogP contribution in [-0.2, 0) is 0 Å². The summed E-state index contributed by atoms with van der Waals surface area (Å²) in [4.78, 5) is 0. The van der Waals surface area contributed by atoms with Gasteiger partial charge in [-0.25, -0.2) is 0 Å². The Hall–Kier alpha value is -2.48. The number of ether oxygens (including phenoxy) is 1. The highest BCUT2D eigenvalue weighted by molar-refractivity contribution is 5.83. The van der Waals surface area contributed by atoms with Crippen molar-refractivity contribution < 1.29 is 4.74 Å². The number of fused-ring (bicyclic) bond motifs is 1. The number of anilines is 1. The van der Waals surface area contributed by atoms with Crippen LogP contribution in [0.5, 0.6) is 5.75 Å². The Bertz CT molecular complexity index is 664. The Morgan fingerprint density at radius 3 is 2.32 bits per heavy atom. The molecule has 0 bridgehead atoms. The molecular weight excluding hydrogens is 234 g/mol. The van der Waals surface area contributed by atoms with Gasteiger partial charge in [0.2, 0.25) is 0 Å². The van der Waals surface area contributed by atoms with E-state index in [4.69, 9.17) is 4.74 Å². The third-order valence-corrected chi connectivity index (χ3v) is 3.01. The van der Waals surface area contributed by atoms with E-state index in [0.29, 0.717) is 6.73 Å². The van der Waals surface area contributed by atoms with Gasteiger partial charge in [-0.3, -0.25) is 0 Å². The van der Waals surface area contributed by atoms with Gasteiger partial charge in [0.1, 0.15) is 5.75 Å². The van der Waals surface area contributed by atoms with Gasteiger partial charge < -0.3 is 10.1 Å². The summed E-state index contributed by atoms with van der Waals surface area (Å²) in [7, 11) is 0. The van der Waals surface area contributed by atoms with Gasteiger partial charge in [-0.05, 0) is 35.0 Å². The van der Waals surface area contributed by atoms with E-state index < -0.39 is 0 Å². The molecule has 2 heteroatoms. The molecule has 1 N–H and O–H groups in total. The van der Waals surface area contributed by atoms with Crippen LogP contribution in [0, 0.1) is 0 Å². The lowest BCUT2D eigenvalue weighted by atomic mass is 10.1. The van der Waals surface area contributed by atoms with Crippen molar-refractivity contribution in [3.05, 3.63) is 72.8 Å². The molecule has 0 unspecified atom stereocenters. The van der Waals surface area contributed by atoms with Crippen molar-refractivity contribution in [1.29, 1.82) is 0 Å². The average molecular weight is 249 g/mol. The van der Waals surface area contributed by atoms with E-state index >= 15 is 0 Å². The average Bonchev–Trinajstić information content (AvgIpc) is 2.48. The molecule has 0 atom stereocenters. The molecule has 0 aromatic heterocycles.